The zero-order valence-electron chi connectivity index (χ0n) is 5.59. The molecule has 8 N–H and O–H groups in total. The van der Waals surface area contributed by atoms with Crippen LogP contribution in [0.2, 0.25) is 0 Å². The molecule has 0 saturated carbocycles. The molecule has 0 atom stereocenters. The van der Waals surface area contributed by atoms with Crippen LogP contribution in [0.25, 0.3) is 0 Å². The van der Waals surface area contributed by atoms with Crippen molar-refractivity contribution in [2.75, 3.05) is 0 Å². The minimum Gasteiger partial charge on any atom is -1.00 e. The first-order chi connectivity index (χ1) is 3.46. The van der Waals surface area contributed by atoms with Crippen LogP contribution in [0.3, 0.4) is 0 Å². The molecule has 0 amide bonds. The first-order valence-corrected chi connectivity index (χ1v) is 2.38. The molecule has 0 radical (unpaired) electrons. The van der Waals surface area contributed by atoms with Crippen molar-refractivity contribution in [3.63, 3.8) is 0 Å². The molecule has 64 valence electrons. The van der Waals surface area contributed by atoms with Crippen molar-refractivity contribution in [2.24, 2.45) is 22.9 Å². The van der Waals surface area contributed by atoms with Crippen LogP contribution in [0, 0.1) is 0 Å². The Morgan fingerprint density at radius 3 is 0.727 bits per heavy atom. The first kappa shape index (κ1) is 29.7. The number of rotatable bonds is 0. The summed E-state index contributed by atoms with van der Waals surface area (Å²) in [5.74, 6) is 0. The Labute approximate surface area is 109 Å². The normalized spacial score (nSPS) is 4.36. The summed E-state index contributed by atoms with van der Waals surface area (Å²) < 4.78 is 0. The van der Waals surface area contributed by atoms with Gasteiger partial charge in [0.05, 0.1) is 0 Å². The van der Waals surface area contributed by atoms with Crippen molar-refractivity contribution in [3.8, 4) is 0 Å². The van der Waals surface area contributed by atoms with Crippen LogP contribution in [0.15, 0.2) is 0 Å². The largest absolute Gasteiger partial charge is 2.00 e. The molecule has 0 aromatic heterocycles. The maximum atomic E-state index is 4.62. The fourth-order valence-electron chi connectivity index (χ4n) is 0. The van der Waals surface area contributed by atoms with Gasteiger partial charge in [0.1, 0.15) is 0 Å². The van der Waals surface area contributed by atoms with Crippen molar-refractivity contribution in [1.29, 1.82) is 0 Å². The van der Waals surface area contributed by atoms with Gasteiger partial charge in [-0.05, 0) is 24.4 Å². The molecule has 4 nitrogen and oxygen atoms in total. The van der Waals surface area contributed by atoms with Gasteiger partial charge in [0, 0.05) is 0 Å². The summed E-state index contributed by atoms with van der Waals surface area (Å²) in [6.45, 7) is 0. The van der Waals surface area contributed by atoms with Gasteiger partial charge in [0.25, 0.3) is 0 Å². The predicted molar refractivity (Wildman–Crippen MR) is 41.9 cm³/mol. The molecular formula is C2H8CdCl2N4S2. The monoisotopic (exact) mass is 336 g/mol. The van der Waals surface area contributed by atoms with Crippen molar-refractivity contribution in [1.82, 2.24) is 0 Å². The fourth-order valence-corrected chi connectivity index (χ4v) is 0. The number of nitrogens with two attached hydrogens (primary N) is 4. The average molecular weight is 336 g/mol. The molecule has 0 unspecified atom stereocenters. The van der Waals surface area contributed by atoms with E-state index in [0.717, 1.165) is 0 Å². The zero-order valence-corrected chi connectivity index (χ0v) is 12.8. The summed E-state index contributed by atoms with van der Waals surface area (Å²) in [4.78, 5) is 0. The van der Waals surface area contributed by atoms with Crippen molar-refractivity contribution in [3.05, 3.63) is 0 Å². The van der Waals surface area contributed by atoms with E-state index in [4.69, 9.17) is 0 Å². The maximum absolute atomic E-state index is 4.62. The van der Waals surface area contributed by atoms with Gasteiger partial charge in [-0.1, -0.05) is 0 Å². The molecule has 0 aliphatic carbocycles. The van der Waals surface area contributed by atoms with Crippen molar-refractivity contribution >= 4 is 34.7 Å². The van der Waals surface area contributed by atoms with Crippen LogP contribution in [0.5, 0.6) is 0 Å². The number of thiocarbonyl (C=S) groups is 2. The quantitative estimate of drug-likeness (QED) is 0.259. The Morgan fingerprint density at radius 2 is 0.727 bits per heavy atom. The second kappa shape index (κ2) is 22.4. The van der Waals surface area contributed by atoms with Crippen molar-refractivity contribution < 1.29 is 52.1 Å². The van der Waals surface area contributed by atoms with Crippen LogP contribution < -0.4 is 47.7 Å². The molecule has 0 aromatic carbocycles. The second-order valence-electron chi connectivity index (χ2n) is 0.805. The van der Waals surface area contributed by atoms with E-state index in [-0.39, 0.29) is 62.3 Å². The Kier molecular flexibility index (Phi) is 60.6. The maximum Gasteiger partial charge on any atom is 2.00 e. The van der Waals surface area contributed by atoms with Gasteiger partial charge >= 0.3 is 27.3 Å². The minimum absolute atomic E-state index is 0. The van der Waals surface area contributed by atoms with E-state index in [9.17, 15) is 0 Å². The second-order valence-corrected chi connectivity index (χ2v) is 1.75. The van der Waals surface area contributed by atoms with Gasteiger partial charge in [0.2, 0.25) is 0 Å². The summed E-state index contributed by atoms with van der Waals surface area (Å²) in [5, 5.41) is 0.000000000000000444. The van der Waals surface area contributed by atoms with Gasteiger partial charge in [-0.15, -0.1) is 0 Å². The standard InChI is InChI=1S/2CH4N2S.Cd.2ClH/c2*2-1(3)4;;;/h2*(H4,2,3,4);;2*1H/q;;+2;;/p-2. The Balaban J connectivity index is -0.0000000171. The number of halogens is 2. The molecule has 0 aliphatic rings. The molecule has 0 bridgehead atoms. The van der Waals surface area contributed by atoms with E-state index < -0.39 is 0 Å². The molecule has 0 saturated heterocycles. The average Bonchev–Trinajstić information content (AvgIpc) is 1.25. The van der Waals surface area contributed by atoms with Crippen LogP contribution in [-0.4, -0.2) is 10.2 Å². The summed E-state index contributed by atoms with van der Waals surface area (Å²) in [5.41, 5.74) is 18.5. The number of hydrogen-bond acceptors (Lipinski definition) is 2. The Bertz CT molecular complexity index is 82.1. The van der Waals surface area contributed by atoms with Crippen LogP contribution >= 0.6 is 24.4 Å². The van der Waals surface area contributed by atoms with Crippen LogP contribution in [0.1, 0.15) is 0 Å². The third-order valence-electron chi connectivity index (χ3n) is 0. The van der Waals surface area contributed by atoms with Crippen LogP contribution in [-0.2, 0) is 27.3 Å². The summed E-state index contributed by atoms with van der Waals surface area (Å²) in [6.07, 6.45) is 0. The fraction of sp³-hybridized carbons (Fsp3) is 0. The SMILES string of the molecule is NC(N)=S.NC(N)=S.[Cd+2].[Cl-].[Cl-]. The topological polar surface area (TPSA) is 104 Å². The minimum atomic E-state index is 0. The van der Waals surface area contributed by atoms with E-state index in [0.29, 0.717) is 0 Å². The van der Waals surface area contributed by atoms with Gasteiger partial charge in [-0.25, -0.2) is 0 Å². The Hall–Kier alpha value is 0.882. The Morgan fingerprint density at radius 1 is 0.727 bits per heavy atom. The number of hydrogen-bond donors (Lipinski definition) is 4. The van der Waals surface area contributed by atoms with Crippen LogP contribution in [0.4, 0.5) is 0 Å². The molecular weight excluding hydrogens is 328 g/mol. The zero-order chi connectivity index (χ0) is 7.15. The first-order valence-electron chi connectivity index (χ1n) is 1.56. The third-order valence-corrected chi connectivity index (χ3v) is 0. The summed E-state index contributed by atoms with van der Waals surface area (Å²) >= 11 is 8.19. The molecule has 0 aromatic rings. The van der Waals surface area contributed by atoms with E-state index in [2.05, 4.69) is 47.4 Å². The molecule has 9 heteroatoms. The van der Waals surface area contributed by atoms with E-state index in [1.54, 1.807) is 0 Å². The summed E-state index contributed by atoms with van der Waals surface area (Å²) in [7, 11) is 0. The van der Waals surface area contributed by atoms with E-state index in [1.165, 1.54) is 0 Å². The van der Waals surface area contributed by atoms with E-state index in [1.807, 2.05) is 0 Å². The van der Waals surface area contributed by atoms with E-state index >= 15 is 0 Å². The van der Waals surface area contributed by atoms with Gasteiger partial charge in [-0.3, -0.25) is 0 Å². The molecule has 0 spiro atoms. The van der Waals surface area contributed by atoms with Gasteiger partial charge in [-0.2, -0.15) is 0 Å². The third kappa shape index (κ3) is 1100. The smallest absolute Gasteiger partial charge is 1.00 e. The summed E-state index contributed by atoms with van der Waals surface area (Å²) in [6, 6.07) is 0. The molecule has 0 fully saturated rings. The molecule has 11 heavy (non-hydrogen) atoms. The molecule has 0 rings (SSSR count). The van der Waals surface area contributed by atoms with Crippen molar-refractivity contribution in [2.45, 2.75) is 0 Å². The molecule has 0 aliphatic heterocycles. The predicted octanol–water partition coefficient (Wildman–Crippen LogP) is -7.62. The van der Waals surface area contributed by atoms with Gasteiger partial charge in [0.15, 0.2) is 10.2 Å². The molecule has 0 heterocycles. The van der Waals surface area contributed by atoms with Gasteiger partial charge < -0.3 is 47.7 Å².